The van der Waals surface area contributed by atoms with Gasteiger partial charge in [-0.1, -0.05) is 23.7 Å². The van der Waals surface area contributed by atoms with Crippen molar-refractivity contribution in [1.82, 2.24) is 15.1 Å². The van der Waals surface area contributed by atoms with Crippen molar-refractivity contribution >= 4 is 23.4 Å². The van der Waals surface area contributed by atoms with Crippen molar-refractivity contribution in [2.24, 2.45) is 5.41 Å². The molecule has 1 atom stereocenters. The maximum absolute atomic E-state index is 14.1. The van der Waals surface area contributed by atoms with Crippen LogP contribution < -0.4 is 5.32 Å². The second-order valence-corrected chi connectivity index (χ2v) is 12.5. The van der Waals surface area contributed by atoms with Crippen LogP contribution in [-0.4, -0.2) is 47.8 Å². The van der Waals surface area contributed by atoms with Crippen LogP contribution in [0.3, 0.4) is 0 Å². The first-order chi connectivity index (χ1) is 20.9. The highest BCUT2D eigenvalue weighted by atomic mass is 35.5. The Hall–Kier alpha value is -3.50. The van der Waals surface area contributed by atoms with E-state index >= 15 is 0 Å². The Morgan fingerprint density at radius 1 is 0.955 bits per heavy atom. The predicted molar refractivity (Wildman–Crippen MR) is 155 cm³/mol. The Kier molecular flexibility index (Phi) is 8.17. The Bertz CT molecular complexity index is 1580. The molecule has 11 heteroatoms. The van der Waals surface area contributed by atoms with Gasteiger partial charge < -0.3 is 10.2 Å². The molecule has 2 aliphatic heterocycles. The highest BCUT2D eigenvalue weighted by Crippen LogP contribution is 2.42. The number of alkyl halides is 3. The Morgan fingerprint density at radius 3 is 2.36 bits per heavy atom. The third-order valence-electron chi connectivity index (χ3n) is 9.40. The summed E-state index contributed by atoms with van der Waals surface area (Å²) in [6.45, 7) is 2.78. The standard InChI is InChI=1S/C33H31ClF5N3O2/c34-26-8-7-22(33(37,38)39)17-24(26)30(43)40-29-9-6-20-4-5-21(16-23(20)29)31(44)42-15-12-32(19-42)10-13-41(14-11-32)18-25-27(35)2-1-3-28(25)36/h1-5,7-8,16-17,29H,6,9-15,18-19H2,(H,40,43). The molecule has 2 fully saturated rings. The molecule has 1 spiro atoms. The van der Waals surface area contributed by atoms with E-state index in [1.807, 2.05) is 11.0 Å². The third kappa shape index (κ3) is 6.06. The van der Waals surface area contributed by atoms with E-state index in [9.17, 15) is 31.5 Å². The first-order valence-electron chi connectivity index (χ1n) is 14.7. The normalized spacial score (nSPS) is 19.8. The summed E-state index contributed by atoms with van der Waals surface area (Å²) in [6, 6.07) is 11.5. The minimum absolute atomic E-state index is 0.0443. The van der Waals surface area contributed by atoms with Crippen molar-refractivity contribution in [3.8, 4) is 0 Å². The number of nitrogens with one attached hydrogen (secondary N) is 1. The van der Waals surface area contributed by atoms with Gasteiger partial charge in [-0.25, -0.2) is 8.78 Å². The van der Waals surface area contributed by atoms with Gasteiger partial charge in [0.05, 0.1) is 22.2 Å². The van der Waals surface area contributed by atoms with Crippen LogP contribution in [0.25, 0.3) is 0 Å². The van der Waals surface area contributed by atoms with Gasteiger partial charge in [-0.3, -0.25) is 14.5 Å². The lowest BCUT2D eigenvalue weighted by molar-refractivity contribution is -0.137. The number of likely N-dealkylation sites (tertiary alicyclic amines) is 2. The van der Waals surface area contributed by atoms with Crippen molar-refractivity contribution in [3.63, 3.8) is 0 Å². The second kappa shape index (κ2) is 11.8. The molecule has 232 valence electrons. The van der Waals surface area contributed by atoms with Gasteiger partial charge in [0.2, 0.25) is 0 Å². The quantitative estimate of drug-likeness (QED) is 0.304. The minimum atomic E-state index is -4.61. The topological polar surface area (TPSA) is 52.7 Å². The first kappa shape index (κ1) is 30.5. The van der Waals surface area contributed by atoms with Crippen LogP contribution >= 0.6 is 11.6 Å². The van der Waals surface area contributed by atoms with E-state index in [0.29, 0.717) is 44.6 Å². The highest BCUT2D eigenvalue weighted by molar-refractivity contribution is 6.33. The monoisotopic (exact) mass is 631 g/mol. The summed E-state index contributed by atoms with van der Waals surface area (Å²) >= 11 is 6.07. The summed E-state index contributed by atoms with van der Waals surface area (Å²) < 4.78 is 67.9. The number of fused-ring (bicyclic) bond motifs is 1. The molecule has 5 nitrogen and oxygen atoms in total. The van der Waals surface area contributed by atoms with Gasteiger partial charge in [-0.2, -0.15) is 13.2 Å². The Morgan fingerprint density at radius 2 is 1.66 bits per heavy atom. The second-order valence-electron chi connectivity index (χ2n) is 12.1. The molecule has 0 bridgehead atoms. The van der Waals surface area contributed by atoms with Crippen molar-refractivity contribution < 1.29 is 31.5 Å². The first-order valence-corrected chi connectivity index (χ1v) is 15.1. The zero-order chi connectivity index (χ0) is 31.2. The van der Waals surface area contributed by atoms with Gasteiger partial charge in [0.1, 0.15) is 11.6 Å². The molecule has 1 unspecified atom stereocenters. The minimum Gasteiger partial charge on any atom is -0.345 e. The molecule has 1 aliphatic carbocycles. The van der Waals surface area contributed by atoms with Crippen LogP contribution in [0.2, 0.25) is 5.02 Å². The SMILES string of the molecule is O=C(NC1CCc2ccc(C(=O)N3CCC4(CCN(Cc5c(F)cccc5F)CC4)C3)cc21)c1cc(C(F)(F)F)ccc1Cl. The van der Waals surface area contributed by atoms with Gasteiger partial charge in [0.25, 0.3) is 11.8 Å². The fraction of sp³-hybridized carbons (Fsp3) is 0.394. The van der Waals surface area contributed by atoms with E-state index in [-0.39, 0.29) is 34.0 Å². The number of benzene rings is 3. The Labute approximate surface area is 257 Å². The lowest BCUT2D eigenvalue weighted by atomic mass is 9.77. The number of halogens is 6. The van der Waals surface area contributed by atoms with Crippen LogP contribution in [-0.2, 0) is 19.1 Å². The predicted octanol–water partition coefficient (Wildman–Crippen LogP) is 7.18. The largest absolute Gasteiger partial charge is 0.416 e. The smallest absolute Gasteiger partial charge is 0.345 e. The number of aryl methyl sites for hydroxylation is 1. The maximum Gasteiger partial charge on any atom is 0.416 e. The lowest BCUT2D eigenvalue weighted by Gasteiger charge is -2.39. The zero-order valence-electron chi connectivity index (χ0n) is 23.8. The van der Waals surface area contributed by atoms with E-state index in [2.05, 4.69) is 10.2 Å². The van der Waals surface area contributed by atoms with Crippen LogP contribution in [0.5, 0.6) is 0 Å². The van der Waals surface area contributed by atoms with Crippen LogP contribution in [0.4, 0.5) is 22.0 Å². The molecular formula is C33H31ClF5N3O2. The molecule has 2 heterocycles. The van der Waals surface area contributed by atoms with Gasteiger partial charge in [-0.15, -0.1) is 0 Å². The van der Waals surface area contributed by atoms with Gasteiger partial charge >= 0.3 is 6.18 Å². The summed E-state index contributed by atoms with van der Waals surface area (Å²) in [5.74, 6) is -1.91. The average Bonchev–Trinajstić information content (AvgIpc) is 3.59. The molecule has 3 aromatic carbocycles. The van der Waals surface area contributed by atoms with Gasteiger partial charge in [0.15, 0.2) is 0 Å². The number of nitrogens with zero attached hydrogens (tertiary/aromatic N) is 2. The lowest BCUT2D eigenvalue weighted by Crippen LogP contribution is -2.42. The molecule has 2 saturated heterocycles. The van der Waals surface area contributed by atoms with E-state index in [4.69, 9.17) is 11.6 Å². The molecule has 6 rings (SSSR count). The Balaban J connectivity index is 1.10. The summed E-state index contributed by atoms with van der Waals surface area (Å²) in [7, 11) is 0. The number of piperidine rings is 1. The third-order valence-corrected chi connectivity index (χ3v) is 9.73. The molecule has 3 aliphatic rings. The maximum atomic E-state index is 14.1. The number of hydrogen-bond donors (Lipinski definition) is 1. The van der Waals surface area contributed by atoms with Crippen LogP contribution in [0.1, 0.15) is 74.7 Å². The van der Waals surface area contributed by atoms with Crippen molar-refractivity contribution in [3.05, 3.63) is 105 Å². The number of carbonyl (C=O) groups excluding carboxylic acids is 2. The van der Waals surface area contributed by atoms with Gasteiger partial charge in [-0.05, 0) is 104 Å². The average molecular weight is 632 g/mol. The number of hydrogen-bond acceptors (Lipinski definition) is 3. The highest BCUT2D eigenvalue weighted by Gasteiger charge is 2.42. The summed E-state index contributed by atoms with van der Waals surface area (Å²) in [5, 5.41) is 2.74. The molecule has 0 radical (unpaired) electrons. The molecular weight excluding hydrogens is 601 g/mol. The summed E-state index contributed by atoms with van der Waals surface area (Å²) in [4.78, 5) is 30.5. The van der Waals surface area contributed by atoms with Crippen molar-refractivity contribution in [2.75, 3.05) is 26.2 Å². The van der Waals surface area contributed by atoms with E-state index in [1.54, 1.807) is 12.1 Å². The molecule has 44 heavy (non-hydrogen) atoms. The number of carbonyl (C=O) groups is 2. The van der Waals surface area contributed by atoms with Crippen LogP contribution in [0, 0.1) is 17.0 Å². The molecule has 3 aromatic rings. The van der Waals surface area contributed by atoms with Crippen molar-refractivity contribution in [1.29, 1.82) is 0 Å². The van der Waals surface area contributed by atoms with E-state index in [0.717, 1.165) is 48.6 Å². The fourth-order valence-corrected chi connectivity index (χ4v) is 6.99. The van der Waals surface area contributed by atoms with Gasteiger partial charge in [0, 0.05) is 30.8 Å². The number of amides is 2. The van der Waals surface area contributed by atoms with E-state index < -0.39 is 35.3 Å². The molecule has 0 saturated carbocycles. The zero-order valence-corrected chi connectivity index (χ0v) is 24.6. The summed E-state index contributed by atoms with van der Waals surface area (Å²) in [6.07, 6.45) is -0.907. The summed E-state index contributed by atoms with van der Waals surface area (Å²) in [5.41, 5.74) is 1.06. The fourth-order valence-electron chi connectivity index (χ4n) is 6.79. The van der Waals surface area contributed by atoms with Crippen LogP contribution in [0.15, 0.2) is 54.6 Å². The molecule has 1 N–H and O–H groups in total. The molecule has 0 aromatic heterocycles. The molecule has 2 amide bonds. The van der Waals surface area contributed by atoms with E-state index in [1.165, 1.54) is 18.2 Å². The number of rotatable bonds is 5. The van der Waals surface area contributed by atoms with Crippen molar-refractivity contribution in [2.45, 2.75) is 50.9 Å².